The maximum Gasteiger partial charge on any atom is 0.262 e. The minimum Gasteiger partial charge on any atom is -0.618 e. The Morgan fingerprint density at radius 1 is 1.00 bits per heavy atom. The summed E-state index contributed by atoms with van der Waals surface area (Å²) in [6.07, 6.45) is 1.45. The minimum absolute atomic E-state index is 0.257. The van der Waals surface area contributed by atoms with Crippen molar-refractivity contribution in [1.29, 1.82) is 0 Å². The first-order chi connectivity index (χ1) is 7.75. The molecule has 2 nitrogen and oxygen atoms in total. The largest absolute Gasteiger partial charge is 0.618 e. The second-order valence-corrected chi connectivity index (χ2v) is 5.21. The van der Waals surface area contributed by atoms with Crippen LogP contribution < -0.4 is 4.73 Å². The van der Waals surface area contributed by atoms with Crippen LogP contribution in [0.2, 0.25) is 0 Å². The van der Waals surface area contributed by atoms with E-state index >= 15 is 0 Å². The SMILES string of the molecule is [O-][n+]1ccccc1SSc1ccc(F)cc1. The number of pyridine rings is 1. The molecule has 0 fully saturated rings. The van der Waals surface area contributed by atoms with Gasteiger partial charge in [-0.1, -0.05) is 0 Å². The number of nitrogens with zero attached hydrogens (tertiary/aromatic N) is 1. The van der Waals surface area contributed by atoms with E-state index in [4.69, 9.17) is 0 Å². The highest BCUT2D eigenvalue weighted by molar-refractivity contribution is 8.76. The number of benzene rings is 1. The zero-order valence-corrected chi connectivity index (χ0v) is 9.80. The zero-order chi connectivity index (χ0) is 11.4. The number of rotatable bonds is 3. The maximum absolute atomic E-state index is 12.6. The van der Waals surface area contributed by atoms with Crippen molar-refractivity contribution < 1.29 is 9.12 Å². The average molecular weight is 253 g/mol. The molecule has 1 aromatic carbocycles. The zero-order valence-electron chi connectivity index (χ0n) is 8.17. The predicted octanol–water partition coefficient (Wildman–Crippen LogP) is 3.26. The van der Waals surface area contributed by atoms with Gasteiger partial charge in [-0.2, -0.15) is 4.73 Å². The summed E-state index contributed by atoms with van der Waals surface area (Å²) in [5.41, 5.74) is 0. The summed E-state index contributed by atoms with van der Waals surface area (Å²) in [5, 5.41) is 11.9. The van der Waals surface area contributed by atoms with Gasteiger partial charge in [0.15, 0.2) is 6.20 Å². The Kier molecular flexibility index (Phi) is 3.69. The van der Waals surface area contributed by atoms with Crippen molar-refractivity contribution in [1.82, 2.24) is 0 Å². The van der Waals surface area contributed by atoms with Crippen LogP contribution in [0.15, 0.2) is 58.6 Å². The Balaban J connectivity index is 2.02. The summed E-state index contributed by atoms with van der Waals surface area (Å²) in [7, 11) is 2.78. The van der Waals surface area contributed by atoms with E-state index in [2.05, 4.69) is 0 Å². The van der Waals surface area contributed by atoms with Crippen molar-refractivity contribution in [2.75, 3.05) is 0 Å². The Morgan fingerprint density at radius 3 is 2.44 bits per heavy atom. The molecular formula is C11H8FNOS2. The van der Waals surface area contributed by atoms with E-state index < -0.39 is 0 Å². The molecule has 0 amide bonds. The summed E-state index contributed by atoms with van der Waals surface area (Å²) in [6, 6.07) is 11.4. The summed E-state index contributed by atoms with van der Waals surface area (Å²) >= 11 is 0. The van der Waals surface area contributed by atoms with E-state index in [1.165, 1.54) is 39.9 Å². The van der Waals surface area contributed by atoms with Crippen LogP contribution in [-0.2, 0) is 0 Å². The van der Waals surface area contributed by atoms with Crippen LogP contribution in [-0.4, -0.2) is 0 Å². The fourth-order valence-electron chi connectivity index (χ4n) is 1.06. The van der Waals surface area contributed by atoms with Gasteiger partial charge in [-0.15, -0.1) is 0 Å². The molecule has 2 rings (SSSR count). The van der Waals surface area contributed by atoms with Crippen molar-refractivity contribution in [3.63, 3.8) is 0 Å². The van der Waals surface area contributed by atoms with Crippen LogP contribution >= 0.6 is 21.6 Å². The Hall–Kier alpha value is -1.20. The molecular weight excluding hydrogens is 245 g/mol. The summed E-state index contributed by atoms with van der Waals surface area (Å²) < 4.78 is 13.5. The van der Waals surface area contributed by atoms with Gasteiger partial charge in [-0.25, -0.2) is 4.39 Å². The highest BCUT2D eigenvalue weighted by Gasteiger charge is 2.05. The number of hydrogen-bond acceptors (Lipinski definition) is 3. The molecule has 0 unspecified atom stereocenters. The van der Waals surface area contributed by atoms with Gasteiger partial charge in [-0.3, -0.25) is 0 Å². The van der Waals surface area contributed by atoms with Crippen molar-refractivity contribution in [2.24, 2.45) is 0 Å². The number of halogens is 1. The molecule has 0 saturated carbocycles. The molecule has 0 radical (unpaired) electrons. The third-order valence-electron chi connectivity index (χ3n) is 1.83. The Labute approximate surface area is 100 Å². The van der Waals surface area contributed by atoms with Crippen LogP contribution in [0.4, 0.5) is 4.39 Å². The van der Waals surface area contributed by atoms with E-state index in [1.807, 2.05) is 6.07 Å². The van der Waals surface area contributed by atoms with Gasteiger partial charge in [0.05, 0.1) is 0 Å². The first-order valence-electron chi connectivity index (χ1n) is 4.54. The molecule has 0 saturated heterocycles. The second kappa shape index (κ2) is 5.23. The van der Waals surface area contributed by atoms with E-state index in [9.17, 15) is 9.60 Å². The van der Waals surface area contributed by atoms with Gasteiger partial charge in [0.25, 0.3) is 5.03 Å². The Bertz CT molecular complexity index is 476. The Morgan fingerprint density at radius 2 is 1.75 bits per heavy atom. The van der Waals surface area contributed by atoms with Crippen LogP contribution in [0.3, 0.4) is 0 Å². The molecule has 0 atom stereocenters. The molecule has 1 heterocycles. The van der Waals surface area contributed by atoms with Gasteiger partial charge in [-0.05, 0) is 41.1 Å². The average Bonchev–Trinajstić information content (AvgIpc) is 2.30. The minimum atomic E-state index is -0.257. The molecule has 16 heavy (non-hydrogen) atoms. The molecule has 0 N–H and O–H groups in total. The number of hydrogen-bond donors (Lipinski definition) is 0. The van der Waals surface area contributed by atoms with Crippen molar-refractivity contribution >= 4 is 21.6 Å². The second-order valence-electron chi connectivity index (χ2n) is 2.99. The van der Waals surface area contributed by atoms with Crippen LogP contribution in [0.1, 0.15) is 0 Å². The fourth-order valence-corrected chi connectivity index (χ4v) is 3.02. The van der Waals surface area contributed by atoms with E-state index in [0.717, 1.165) is 9.63 Å². The standard InChI is InChI=1S/C11H8FNOS2/c12-9-4-6-10(7-5-9)15-16-11-3-1-2-8-13(11)14/h1-8H. The lowest BCUT2D eigenvalue weighted by molar-refractivity contribution is -0.645. The fraction of sp³-hybridized carbons (Fsp3) is 0. The lowest BCUT2D eigenvalue weighted by atomic mass is 10.4. The van der Waals surface area contributed by atoms with Crippen molar-refractivity contribution in [2.45, 2.75) is 9.92 Å². The third-order valence-corrected chi connectivity index (χ3v) is 4.20. The van der Waals surface area contributed by atoms with Gasteiger partial charge in [0.1, 0.15) is 5.82 Å². The van der Waals surface area contributed by atoms with Gasteiger partial charge < -0.3 is 5.21 Å². The summed E-state index contributed by atoms with van der Waals surface area (Å²) in [4.78, 5) is 0.912. The van der Waals surface area contributed by atoms with E-state index in [-0.39, 0.29) is 5.82 Å². The highest BCUT2D eigenvalue weighted by atomic mass is 33.1. The lowest BCUT2D eigenvalue weighted by Crippen LogP contribution is -2.27. The lowest BCUT2D eigenvalue weighted by Gasteiger charge is -2.02. The summed E-state index contributed by atoms with van der Waals surface area (Å²) in [5.74, 6) is -0.257. The maximum atomic E-state index is 12.6. The van der Waals surface area contributed by atoms with Gasteiger partial charge >= 0.3 is 0 Å². The van der Waals surface area contributed by atoms with Gasteiger partial charge in [0, 0.05) is 27.8 Å². The monoisotopic (exact) mass is 253 g/mol. The molecule has 0 aliphatic carbocycles. The van der Waals surface area contributed by atoms with E-state index in [1.54, 1.807) is 24.3 Å². The van der Waals surface area contributed by atoms with Crippen LogP contribution in [0, 0.1) is 11.0 Å². The van der Waals surface area contributed by atoms with Crippen LogP contribution in [0.25, 0.3) is 0 Å². The van der Waals surface area contributed by atoms with Gasteiger partial charge in [0.2, 0.25) is 0 Å². The first-order valence-corrected chi connectivity index (χ1v) is 6.69. The molecule has 0 bridgehead atoms. The van der Waals surface area contributed by atoms with Crippen molar-refractivity contribution in [3.8, 4) is 0 Å². The highest BCUT2D eigenvalue weighted by Crippen LogP contribution is 2.35. The predicted molar refractivity (Wildman–Crippen MR) is 63.5 cm³/mol. The smallest absolute Gasteiger partial charge is 0.262 e. The molecule has 1 aromatic heterocycles. The quantitative estimate of drug-likeness (QED) is 0.477. The summed E-state index contributed by atoms with van der Waals surface area (Å²) in [6.45, 7) is 0. The normalized spacial score (nSPS) is 10.3. The topological polar surface area (TPSA) is 26.9 Å². The molecule has 0 aliphatic rings. The molecule has 0 aliphatic heterocycles. The molecule has 82 valence electrons. The third kappa shape index (κ3) is 2.90. The van der Waals surface area contributed by atoms with Crippen LogP contribution in [0.5, 0.6) is 0 Å². The first kappa shape index (κ1) is 11.3. The van der Waals surface area contributed by atoms with Crippen molar-refractivity contribution in [3.05, 3.63) is 59.7 Å². The molecule has 5 heteroatoms. The molecule has 0 spiro atoms. The number of aromatic nitrogens is 1. The van der Waals surface area contributed by atoms with E-state index in [0.29, 0.717) is 5.03 Å². The molecule has 2 aromatic rings.